The molecule has 0 saturated heterocycles. The molecule has 0 radical (unpaired) electrons. The van der Waals surface area contributed by atoms with Crippen LogP contribution < -0.4 is 19.1 Å². The van der Waals surface area contributed by atoms with Crippen LogP contribution in [0.4, 0.5) is 5.69 Å². The number of amides is 2. The number of benzene rings is 3. The molecule has 0 spiro atoms. The second kappa shape index (κ2) is 13.8. The molecule has 9 nitrogen and oxygen atoms in total. The number of rotatable bonds is 13. The second-order valence-electron chi connectivity index (χ2n) is 9.21. The Balaban J connectivity index is 2.06. The number of hydrogen-bond donors (Lipinski definition) is 1. The number of aryl methyl sites for hydroxylation is 1. The van der Waals surface area contributed by atoms with Gasteiger partial charge in [0.05, 0.1) is 24.8 Å². The summed E-state index contributed by atoms with van der Waals surface area (Å²) in [4.78, 5) is 28.6. The lowest BCUT2D eigenvalue weighted by Crippen LogP contribution is -2.52. The lowest BCUT2D eigenvalue weighted by Gasteiger charge is -2.33. The minimum absolute atomic E-state index is 0.0526. The Hall–Kier alpha value is -4.05. The summed E-state index contributed by atoms with van der Waals surface area (Å²) < 4.78 is 39.4. The fourth-order valence-corrected chi connectivity index (χ4v) is 5.71. The van der Waals surface area contributed by atoms with Gasteiger partial charge in [-0.25, -0.2) is 8.42 Å². The van der Waals surface area contributed by atoms with Crippen LogP contribution in [0, 0.1) is 6.92 Å². The van der Waals surface area contributed by atoms with Crippen LogP contribution in [0.2, 0.25) is 0 Å². The molecule has 0 unspecified atom stereocenters. The molecule has 0 heterocycles. The number of sulfonamides is 1. The molecule has 40 heavy (non-hydrogen) atoms. The van der Waals surface area contributed by atoms with Gasteiger partial charge in [-0.2, -0.15) is 0 Å². The Morgan fingerprint density at radius 1 is 0.900 bits per heavy atom. The number of methoxy groups -OCH3 is 2. The highest BCUT2D eigenvalue weighted by atomic mass is 32.2. The van der Waals surface area contributed by atoms with E-state index in [9.17, 15) is 18.0 Å². The van der Waals surface area contributed by atoms with Gasteiger partial charge in [0, 0.05) is 13.1 Å². The zero-order chi connectivity index (χ0) is 29.3. The van der Waals surface area contributed by atoms with Gasteiger partial charge in [0.2, 0.25) is 11.8 Å². The van der Waals surface area contributed by atoms with Gasteiger partial charge in [-0.1, -0.05) is 36.8 Å². The average molecular weight is 568 g/mol. The largest absolute Gasteiger partial charge is 0.497 e. The molecule has 0 aliphatic carbocycles. The number of hydrogen-bond acceptors (Lipinski definition) is 6. The van der Waals surface area contributed by atoms with Crippen molar-refractivity contribution in [2.24, 2.45) is 0 Å². The van der Waals surface area contributed by atoms with Crippen LogP contribution in [-0.2, 0) is 26.2 Å². The Labute approximate surface area is 236 Å². The first-order valence-corrected chi connectivity index (χ1v) is 14.5. The number of likely N-dealkylation sites (N-methyl/N-ethyl adjacent to an activating group) is 1. The van der Waals surface area contributed by atoms with E-state index >= 15 is 0 Å². The number of nitrogens with zero attached hydrogens (tertiary/aromatic N) is 2. The minimum atomic E-state index is -4.14. The smallest absolute Gasteiger partial charge is 0.264 e. The van der Waals surface area contributed by atoms with E-state index in [-0.39, 0.29) is 17.3 Å². The SMILES string of the molecule is CCNC(=O)[C@H](CC)N(Cc1cccc(OC)c1)C(=O)CN(c1ccc(OC)cc1)S(=O)(=O)c1ccc(C)cc1. The van der Waals surface area contributed by atoms with Crippen LogP contribution in [0.5, 0.6) is 11.5 Å². The molecule has 3 rings (SSSR count). The van der Waals surface area contributed by atoms with Crippen LogP contribution in [0.15, 0.2) is 77.7 Å². The van der Waals surface area contributed by atoms with E-state index in [0.29, 0.717) is 30.2 Å². The van der Waals surface area contributed by atoms with Gasteiger partial charge in [0.25, 0.3) is 10.0 Å². The molecular formula is C30H37N3O6S. The van der Waals surface area contributed by atoms with Crippen molar-refractivity contribution in [3.63, 3.8) is 0 Å². The van der Waals surface area contributed by atoms with Crippen molar-refractivity contribution in [1.82, 2.24) is 10.2 Å². The fourth-order valence-electron chi connectivity index (χ4n) is 4.29. The predicted octanol–water partition coefficient (Wildman–Crippen LogP) is 4.15. The van der Waals surface area contributed by atoms with Crippen LogP contribution in [0.1, 0.15) is 31.4 Å². The van der Waals surface area contributed by atoms with Gasteiger partial charge in [-0.05, 0) is 74.4 Å². The van der Waals surface area contributed by atoms with Crippen molar-refractivity contribution >= 4 is 27.5 Å². The fraction of sp³-hybridized carbons (Fsp3) is 0.333. The standard InChI is InChI=1S/C30H37N3O6S/c1-6-28(30(35)31-7-2)32(20-23-9-8-10-26(19-23)39-5)29(34)21-33(24-13-15-25(38-4)16-14-24)40(36,37)27-17-11-22(3)12-18-27/h8-19,28H,6-7,20-21H2,1-5H3,(H,31,35)/t28-/m0/s1. The van der Waals surface area contributed by atoms with E-state index in [4.69, 9.17) is 9.47 Å². The first-order chi connectivity index (χ1) is 19.1. The van der Waals surface area contributed by atoms with Crippen molar-refractivity contribution in [3.05, 3.63) is 83.9 Å². The summed E-state index contributed by atoms with van der Waals surface area (Å²) in [5.74, 6) is 0.327. The quantitative estimate of drug-likeness (QED) is 0.333. The lowest BCUT2D eigenvalue weighted by atomic mass is 10.1. The van der Waals surface area contributed by atoms with E-state index in [0.717, 1.165) is 15.4 Å². The normalized spacial score (nSPS) is 11.8. The number of carbonyl (C=O) groups is 2. The summed E-state index contributed by atoms with van der Waals surface area (Å²) in [7, 11) is -1.08. The van der Waals surface area contributed by atoms with Crippen LogP contribution in [0.3, 0.4) is 0 Å². The van der Waals surface area contributed by atoms with Crippen LogP contribution >= 0.6 is 0 Å². The third kappa shape index (κ3) is 7.32. The summed E-state index contributed by atoms with van der Waals surface area (Å²) in [6.45, 7) is 5.46. The van der Waals surface area contributed by atoms with Gasteiger partial charge in [0.1, 0.15) is 24.1 Å². The molecular weight excluding hydrogens is 530 g/mol. The van der Waals surface area contributed by atoms with Crippen molar-refractivity contribution in [2.45, 2.75) is 44.7 Å². The lowest BCUT2D eigenvalue weighted by molar-refractivity contribution is -0.140. The molecule has 0 aromatic heterocycles. The maximum absolute atomic E-state index is 14.0. The maximum atomic E-state index is 14.0. The van der Waals surface area contributed by atoms with E-state index in [1.807, 2.05) is 19.9 Å². The van der Waals surface area contributed by atoms with Gasteiger partial charge >= 0.3 is 0 Å². The molecule has 0 saturated carbocycles. The predicted molar refractivity (Wildman–Crippen MR) is 155 cm³/mol. The highest BCUT2D eigenvalue weighted by molar-refractivity contribution is 7.92. The van der Waals surface area contributed by atoms with Crippen molar-refractivity contribution in [3.8, 4) is 11.5 Å². The molecule has 2 amide bonds. The highest BCUT2D eigenvalue weighted by Crippen LogP contribution is 2.27. The zero-order valence-corrected chi connectivity index (χ0v) is 24.4. The number of anilines is 1. The van der Waals surface area contributed by atoms with E-state index in [1.54, 1.807) is 68.6 Å². The monoisotopic (exact) mass is 567 g/mol. The van der Waals surface area contributed by atoms with Crippen molar-refractivity contribution in [2.75, 3.05) is 31.6 Å². The second-order valence-corrected chi connectivity index (χ2v) is 11.1. The molecule has 0 fully saturated rings. The molecule has 0 aliphatic rings. The Morgan fingerprint density at radius 3 is 2.12 bits per heavy atom. The van der Waals surface area contributed by atoms with E-state index in [2.05, 4.69) is 5.32 Å². The third-order valence-corrected chi connectivity index (χ3v) is 8.26. The Kier molecular flexibility index (Phi) is 10.6. The molecule has 1 atom stereocenters. The Bertz CT molecular complexity index is 1390. The van der Waals surface area contributed by atoms with Crippen molar-refractivity contribution in [1.29, 1.82) is 0 Å². The molecule has 0 aliphatic heterocycles. The number of nitrogens with one attached hydrogen (secondary N) is 1. The molecule has 3 aromatic rings. The average Bonchev–Trinajstić information content (AvgIpc) is 2.96. The van der Waals surface area contributed by atoms with Gasteiger partial charge in [0.15, 0.2) is 0 Å². The van der Waals surface area contributed by atoms with E-state index < -0.39 is 28.5 Å². The summed E-state index contributed by atoms with van der Waals surface area (Å²) in [5.41, 5.74) is 1.94. The summed E-state index contributed by atoms with van der Waals surface area (Å²) in [5, 5.41) is 2.80. The third-order valence-electron chi connectivity index (χ3n) is 6.47. The van der Waals surface area contributed by atoms with E-state index in [1.165, 1.54) is 24.1 Å². The number of carbonyl (C=O) groups excluding carboxylic acids is 2. The maximum Gasteiger partial charge on any atom is 0.264 e. The summed E-state index contributed by atoms with van der Waals surface area (Å²) >= 11 is 0. The summed E-state index contributed by atoms with van der Waals surface area (Å²) in [6, 6.07) is 19.3. The highest BCUT2D eigenvalue weighted by Gasteiger charge is 2.33. The zero-order valence-electron chi connectivity index (χ0n) is 23.6. The minimum Gasteiger partial charge on any atom is -0.497 e. The topological polar surface area (TPSA) is 105 Å². The first kappa shape index (κ1) is 30.5. The molecule has 1 N–H and O–H groups in total. The summed E-state index contributed by atoms with van der Waals surface area (Å²) in [6.07, 6.45) is 0.342. The van der Waals surface area contributed by atoms with Crippen LogP contribution in [-0.4, -0.2) is 58.5 Å². The molecule has 3 aromatic carbocycles. The van der Waals surface area contributed by atoms with Gasteiger partial charge < -0.3 is 19.7 Å². The molecule has 0 bridgehead atoms. The van der Waals surface area contributed by atoms with Crippen molar-refractivity contribution < 1.29 is 27.5 Å². The molecule has 10 heteroatoms. The van der Waals surface area contributed by atoms with Gasteiger partial charge in [-0.15, -0.1) is 0 Å². The molecule has 214 valence electrons. The van der Waals surface area contributed by atoms with Crippen LogP contribution in [0.25, 0.3) is 0 Å². The first-order valence-electron chi connectivity index (χ1n) is 13.1. The number of ether oxygens (including phenoxy) is 2. The van der Waals surface area contributed by atoms with Gasteiger partial charge in [-0.3, -0.25) is 13.9 Å². The Morgan fingerprint density at radius 2 is 1.55 bits per heavy atom.